The van der Waals surface area contributed by atoms with E-state index in [0.717, 1.165) is 5.56 Å². The molecular weight excluding hydrogens is 457 g/mol. The van der Waals surface area contributed by atoms with Crippen LogP contribution in [0.15, 0.2) is 78.9 Å². The van der Waals surface area contributed by atoms with Crippen molar-refractivity contribution >= 4 is 23.4 Å². The number of benzene rings is 3. The van der Waals surface area contributed by atoms with E-state index in [4.69, 9.17) is 0 Å². The van der Waals surface area contributed by atoms with Crippen LogP contribution in [-0.4, -0.2) is 28.7 Å². The van der Waals surface area contributed by atoms with Crippen LogP contribution in [0.1, 0.15) is 30.0 Å². The largest absolute Gasteiger partial charge is 0.306 e. The first-order valence-electron chi connectivity index (χ1n) is 12.3. The molecule has 3 aliphatic heterocycles. The molecule has 0 aromatic heterocycles. The summed E-state index contributed by atoms with van der Waals surface area (Å²) in [6, 6.07) is 22.7. The average Bonchev–Trinajstić information content (AvgIpc) is 3.46. The lowest BCUT2D eigenvalue weighted by Crippen LogP contribution is -2.55. The number of nitrogens with zero attached hydrogens (tertiary/aromatic N) is 2. The minimum atomic E-state index is -1.37. The fourth-order valence-corrected chi connectivity index (χ4v) is 6.24. The summed E-state index contributed by atoms with van der Waals surface area (Å²) in [4.78, 5) is 44.7. The highest BCUT2D eigenvalue weighted by Crippen LogP contribution is 2.55. The van der Waals surface area contributed by atoms with E-state index >= 15 is 0 Å². The Bertz CT molecular complexity index is 1380. The summed E-state index contributed by atoms with van der Waals surface area (Å²) in [6.07, 6.45) is 0.587. The van der Waals surface area contributed by atoms with Gasteiger partial charge in [0.05, 0.1) is 24.9 Å². The molecule has 3 heterocycles. The zero-order chi connectivity index (χ0) is 25.0. The predicted molar refractivity (Wildman–Crippen MR) is 132 cm³/mol. The van der Waals surface area contributed by atoms with Crippen LogP contribution in [0.3, 0.4) is 0 Å². The summed E-state index contributed by atoms with van der Waals surface area (Å²) in [5, 5.41) is 3.45. The van der Waals surface area contributed by atoms with E-state index in [0.29, 0.717) is 23.2 Å². The van der Waals surface area contributed by atoms with Gasteiger partial charge in [0.2, 0.25) is 11.8 Å². The molecule has 36 heavy (non-hydrogen) atoms. The number of hydrogen-bond donors (Lipinski definition) is 1. The second-order valence-electron chi connectivity index (χ2n) is 9.72. The first kappa shape index (κ1) is 22.6. The number of likely N-dealkylation sites (tertiary alicyclic amines) is 1. The Balaban J connectivity index is 1.44. The summed E-state index contributed by atoms with van der Waals surface area (Å²) < 4.78 is 14.6. The molecule has 3 aromatic rings. The Morgan fingerprint density at radius 1 is 0.833 bits per heavy atom. The van der Waals surface area contributed by atoms with Crippen LogP contribution < -0.4 is 10.2 Å². The molecule has 0 unspecified atom stereocenters. The number of amides is 3. The fourth-order valence-electron chi connectivity index (χ4n) is 6.24. The zero-order valence-electron chi connectivity index (χ0n) is 19.9. The molecule has 3 amide bonds. The highest BCUT2D eigenvalue weighted by atomic mass is 19.1. The van der Waals surface area contributed by atoms with Crippen molar-refractivity contribution in [1.82, 2.24) is 10.2 Å². The maximum atomic E-state index is 14.6. The van der Waals surface area contributed by atoms with Gasteiger partial charge in [-0.05, 0) is 24.1 Å². The molecule has 3 aliphatic rings. The standard InChI is InChI=1S/C29H26FN3O3/c1-2-22-24-25(27(35)33(26(24)34)16-18-10-4-3-5-11-18)29(31-22)20-13-7-9-15-23(20)32(28(29)36)17-19-12-6-8-14-21(19)30/h3-15,22,24-25,31H,2,16-17H2,1H3/t22-,24+,25+,29+/m1/s1. The van der Waals surface area contributed by atoms with Gasteiger partial charge in [-0.1, -0.05) is 73.7 Å². The molecule has 2 fully saturated rings. The minimum Gasteiger partial charge on any atom is -0.306 e. The Morgan fingerprint density at radius 3 is 2.28 bits per heavy atom. The van der Waals surface area contributed by atoms with E-state index in [1.54, 1.807) is 23.1 Å². The highest BCUT2D eigenvalue weighted by molar-refractivity contribution is 6.16. The molecule has 4 atom stereocenters. The van der Waals surface area contributed by atoms with Gasteiger partial charge in [0.25, 0.3) is 5.91 Å². The molecule has 1 N–H and O–H groups in total. The number of nitrogens with one attached hydrogen (secondary N) is 1. The summed E-state index contributed by atoms with van der Waals surface area (Å²) >= 11 is 0. The van der Waals surface area contributed by atoms with Gasteiger partial charge in [0.15, 0.2) is 0 Å². The number of para-hydroxylation sites is 1. The van der Waals surface area contributed by atoms with E-state index in [1.165, 1.54) is 11.0 Å². The van der Waals surface area contributed by atoms with E-state index in [1.807, 2.05) is 61.5 Å². The lowest BCUT2D eigenvalue weighted by molar-refractivity contribution is -0.143. The van der Waals surface area contributed by atoms with Gasteiger partial charge in [0, 0.05) is 22.9 Å². The Hall–Kier alpha value is -3.84. The molecule has 182 valence electrons. The monoisotopic (exact) mass is 483 g/mol. The third-order valence-corrected chi connectivity index (χ3v) is 7.87. The molecular formula is C29H26FN3O3. The molecule has 3 aromatic carbocycles. The van der Waals surface area contributed by atoms with Crippen LogP contribution in [0.2, 0.25) is 0 Å². The molecule has 0 radical (unpaired) electrons. The maximum Gasteiger partial charge on any atom is 0.253 e. The zero-order valence-corrected chi connectivity index (χ0v) is 19.9. The SMILES string of the molecule is CC[C@H]1N[C@]2(C(=O)N(Cc3ccccc3F)c3ccccc32)[C@@H]2C(=O)N(Cc3ccccc3)C(=O)[C@H]21. The predicted octanol–water partition coefficient (Wildman–Crippen LogP) is 3.75. The highest BCUT2D eigenvalue weighted by Gasteiger charge is 2.71. The minimum absolute atomic E-state index is 0.0377. The summed E-state index contributed by atoms with van der Waals surface area (Å²) in [5.41, 5.74) is 1.17. The van der Waals surface area contributed by atoms with Crippen LogP contribution in [0, 0.1) is 17.7 Å². The van der Waals surface area contributed by atoms with Gasteiger partial charge < -0.3 is 4.90 Å². The lowest BCUT2D eigenvalue weighted by atomic mass is 9.76. The Morgan fingerprint density at radius 2 is 1.53 bits per heavy atom. The second kappa shape index (κ2) is 8.38. The molecule has 2 saturated heterocycles. The third kappa shape index (κ3) is 3.09. The number of imide groups is 1. The van der Waals surface area contributed by atoms with E-state index in [2.05, 4.69) is 5.32 Å². The quantitative estimate of drug-likeness (QED) is 0.562. The van der Waals surface area contributed by atoms with Gasteiger partial charge in [-0.2, -0.15) is 0 Å². The maximum absolute atomic E-state index is 14.6. The third-order valence-electron chi connectivity index (χ3n) is 7.87. The molecule has 6 rings (SSSR count). The van der Waals surface area contributed by atoms with Gasteiger partial charge in [-0.3, -0.25) is 24.6 Å². The normalized spacial score (nSPS) is 26.7. The van der Waals surface area contributed by atoms with Crippen molar-refractivity contribution < 1.29 is 18.8 Å². The summed E-state index contributed by atoms with van der Waals surface area (Å²) in [6.45, 7) is 2.16. The van der Waals surface area contributed by atoms with Crippen molar-refractivity contribution in [2.75, 3.05) is 4.90 Å². The molecule has 7 heteroatoms. The molecule has 0 saturated carbocycles. The number of halogens is 1. The van der Waals surface area contributed by atoms with Crippen molar-refractivity contribution in [2.45, 2.75) is 38.0 Å². The average molecular weight is 484 g/mol. The lowest BCUT2D eigenvalue weighted by Gasteiger charge is -2.30. The van der Waals surface area contributed by atoms with Gasteiger partial charge >= 0.3 is 0 Å². The number of fused-ring (bicyclic) bond motifs is 4. The number of rotatable bonds is 5. The molecule has 0 aliphatic carbocycles. The van der Waals surface area contributed by atoms with Crippen molar-refractivity contribution in [3.05, 3.63) is 101 Å². The fraction of sp³-hybridized carbons (Fsp3) is 0.276. The number of hydrogen-bond acceptors (Lipinski definition) is 4. The van der Waals surface area contributed by atoms with Gasteiger partial charge in [-0.15, -0.1) is 0 Å². The van der Waals surface area contributed by atoms with E-state index in [-0.39, 0.29) is 36.9 Å². The summed E-state index contributed by atoms with van der Waals surface area (Å²) in [5.74, 6) is -2.81. The van der Waals surface area contributed by atoms with Crippen molar-refractivity contribution in [3.8, 4) is 0 Å². The first-order chi connectivity index (χ1) is 17.5. The van der Waals surface area contributed by atoms with Crippen LogP contribution in [0.4, 0.5) is 10.1 Å². The van der Waals surface area contributed by atoms with Crippen molar-refractivity contribution in [3.63, 3.8) is 0 Å². The Kier molecular flexibility index (Phi) is 5.26. The van der Waals surface area contributed by atoms with E-state index < -0.39 is 23.2 Å². The van der Waals surface area contributed by atoms with Crippen LogP contribution >= 0.6 is 0 Å². The smallest absolute Gasteiger partial charge is 0.253 e. The summed E-state index contributed by atoms with van der Waals surface area (Å²) in [7, 11) is 0. The van der Waals surface area contributed by atoms with E-state index in [9.17, 15) is 18.8 Å². The van der Waals surface area contributed by atoms with Gasteiger partial charge in [-0.25, -0.2) is 4.39 Å². The number of carbonyl (C=O) groups excluding carboxylic acids is 3. The second-order valence-corrected chi connectivity index (χ2v) is 9.72. The van der Waals surface area contributed by atoms with Crippen LogP contribution in [0.5, 0.6) is 0 Å². The molecule has 6 nitrogen and oxygen atoms in total. The molecule has 0 bridgehead atoms. The molecule has 1 spiro atoms. The topological polar surface area (TPSA) is 69.7 Å². The number of anilines is 1. The first-order valence-corrected chi connectivity index (χ1v) is 12.3. The van der Waals surface area contributed by atoms with Crippen molar-refractivity contribution in [1.29, 1.82) is 0 Å². The van der Waals surface area contributed by atoms with Crippen molar-refractivity contribution in [2.24, 2.45) is 11.8 Å². The Labute approximate surface area is 208 Å². The number of carbonyl (C=O) groups is 3. The van der Waals surface area contributed by atoms with Gasteiger partial charge in [0.1, 0.15) is 11.4 Å². The van der Waals surface area contributed by atoms with Crippen LogP contribution in [0.25, 0.3) is 0 Å². The van der Waals surface area contributed by atoms with Crippen LogP contribution in [-0.2, 0) is 33.0 Å².